The lowest BCUT2D eigenvalue weighted by atomic mass is 9.84. The Morgan fingerprint density at radius 3 is 2.50 bits per heavy atom. The SMILES string of the molecule is CN(C)CC(N)C1CCCC(S(C)(=O)=O)C1. The van der Waals surface area contributed by atoms with Crippen molar-refractivity contribution in [3.8, 4) is 0 Å². The van der Waals surface area contributed by atoms with Crippen LogP contribution in [0.15, 0.2) is 0 Å². The second-order valence-corrected chi connectivity index (χ2v) is 7.63. The Labute approximate surface area is 99.1 Å². The molecule has 16 heavy (non-hydrogen) atoms. The van der Waals surface area contributed by atoms with Crippen LogP contribution in [-0.4, -0.2) is 51.5 Å². The molecular formula is C11H24N2O2S. The van der Waals surface area contributed by atoms with Crippen LogP contribution >= 0.6 is 0 Å². The van der Waals surface area contributed by atoms with E-state index in [1.54, 1.807) is 0 Å². The van der Waals surface area contributed by atoms with Crippen LogP contribution in [0.25, 0.3) is 0 Å². The van der Waals surface area contributed by atoms with Crippen LogP contribution in [0, 0.1) is 5.92 Å². The minimum atomic E-state index is -2.89. The normalized spacial score (nSPS) is 29.3. The Bertz CT molecular complexity index is 314. The van der Waals surface area contributed by atoms with Gasteiger partial charge in [0.2, 0.25) is 0 Å². The number of nitrogens with two attached hydrogens (primary N) is 1. The number of hydrogen-bond acceptors (Lipinski definition) is 4. The van der Waals surface area contributed by atoms with Gasteiger partial charge in [0.05, 0.1) is 5.25 Å². The Kier molecular flexibility index (Phi) is 4.76. The van der Waals surface area contributed by atoms with Crippen molar-refractivity contribution in [2.24, 2.45) is 11.7 Å². The molecule has 3 atom stereocenters. The van der Waals surface area contributed by atoms with Gasteiger partial charge >= 0.3 is 0 Å². The molecule has 1 saturated carbocycles. The molecule has 1 aliphatic rings. The maximum Gasteiger partial charge on any atom is 0.150 e. The molecule has 0 aromatic rings. The minimum absolute atomic E-state index is 0.0968. The number of nitrogens with zero attached hydrogens (tertiary/aromatic N) is 1. The lowest BCUT2D eigenvalue weighted by molar-refractivity contribution is 0.256. The lowest BCUT2D eigenvalue weighted by Gasteiger charge is -2.33. The van der Waals surface area contributed by atoms with Gasteiger partial charge in [-0.2, -0.15) is 0 Å². The largest absolute Gasteiger partial charge is 0.326 e. The zero-order valence-electron chi connectivity index (χ0n) is 10.5. The van der Waals surface area contributed by atoms with E-state index in [-0.39, 0.29) is 11.3 Å². The predicted octanol–water partition coefficient (Wildman–Crippen LogP) is 0.479. The summed E-state index contributed by atoms with van der Waals surface area (Å²) in [6.45, 7) is 0.834. The molecule has 1 fully saturated rings. The molecule has 0 bridgehead atoms. The molecule has 1 rings (SSSR count). The fourth-order valence-corrected chi connectivity index (χ4v) is 3.72. The van der Waals surface area contributed by atoms with Gasteiger partial charge in [-0.3, -0.25) is 0 Å². The van der Waals surface area contributed by atoms with Crippen LogP contribution in [0.4, 0.5) is 0 Å². The molecule has 5 heteroatoms. The molecule has 0 aromatic heterocycles. The first kappa shape index (κ1) is 13.9. The Morgan fingerprint density at radius 2 is 2.00 bits per heavy atom. The van der Waals surface area contributed by atoms with E-state index in [2.05, 4.69) is 4.90 Å². The number of likely N-dealkylation sites (N-methyl/N-ethyl adjacent to an activating group) is 1. The highest BCUT2D eigenvalue weighted by Crippen LogP contribution is 2.30. The van der Waals surface area contributed by atoms with E-state index in [4.69, 9.17) is 5.73 Å². The van der Waals surface area contributed by atoms with Gasteiger partial charge in [0, 0.05) is 18.8 Å². The van der Waals surface area contributed by atoms with Gasteiger partial charge in [0.15, 0.2) is 0 Å². The third-order valence-corrected chi connectivity index (χ3v) is 5.09. The molecule has 1 aliphatic carbocycles. The highest BCUT2D eigenvalue weighted by Gasteiger charge is 2.31. The summed E-state index contributed by atoms with van der Waals surface area (Å²) in [4.78, 5) is 2.06. The van der Waals surface area contributed by atoms with Crippen molar-refractivity contribution in [3.63, 3.8) is 0 Å². The fourth-order valence-electron chi connectivity index (χ4n) is 2.53. The minimum Gasteiger partial charge on any atom is -0.326 e. The molecule has 3 unspecified atom stereocenters. The maximum absolute atomic E-state index is 11.5. The molecule has 2 N–H and O–H groups in total. The standard InChI is InChI=1S/C11H24N2O2S/c1-13(2)8-11(12)9-5-4-6-10(7-9)16(3,14)15/h9-11H,4-8,12H2,1-3H3. The molecular weight excluding hydrogens is 224 g/mol. The molecule has 0 aromatic carbocycles. The molecule has 4 nitrogen and oxygen atoms in total. The van der Waals surface area contributed by atoms with Gasteiger partial charge < -0.3 is 10.6 Å². The second kappa shape index (κ2) is 5.47. The first-order valence-electron chi connectivity index (χ1n) is 5.90. The highest BCUT2D eigenvalue weighted by atomic mass is 32.2. The smallest absolute Gasteiger partial charge is 0.150 e. The number of hydrogen-bond donors (Lipinski definition) is 1. The topological polar surface area (TPSA) is 63.4 Å². The van der Waals surface area contributed by atoms with E-state index in [1.165, 1.54) is 6.26 Å². The van der Waals surface area contributed by atoms with Gasteiger partial charge in [-0.1, -0.05) is 6.42 Å². The van der Waals surface area contributed by atoms with E-state index < -0.39 is 9.84 Å². The Hall–Kier alpha value is -0.130. The molecule has 0 spiro atoms. The first-order chi connectivity index (χ1) is 7.30. The van der Waals surface area contributed by atoms with Crippen LogP contribution < -0.4 is 5.73 Å². The summed E-state index contributed by atoms with van der Waals surface area (Å²) in [7, 11) is 1.10. The lowest BCUT2D eigenvalue weighted by Crippen LogP contribution is -2.43. The summed E-state index contributed by atoms with van der Waals surface area (Å²) in [5.41, 5.74) is 6.12. The van der Waals surface area contributed by atoms with E-state index in [0.29, 0.717) is 5.92 Å². The van der Waals surface area contributed by atoms with Crippen molar-refractivity contribution < 1.29 is 8.42 Å². The van der Waals surface area contributed by atoms with E-state index in [1.807, 2.05) is 14.1 Å². The van der Waals surface area contributed by atoms with Crippen molar-refractivity contribution >= 4 is 9.84 Å². The van der Waals surface area contributed by atoms with E-state index in [0.717, 1.165) is 32.2 Å². The van der Waals surface area contributed by atoms with Gasteiger partial charge in [-0.15, -0.1) is 0 Å². The van der Waals surface area contributed by atoms with E-state index >= 15 is 0 Å². The maximum atomic E-state index is 11.5. The van der Waals surface area contributed by atoms with Crippen LogP contribution in [0.2, 0.25) is 0 Å². The first-order valence-corrected chi connectivity index (χ1v) is 7.85. The van der Waals surface area contributed by atoms with Crippen molar-refractivity contribution in [2.75, 3.05) is 26.9 Å². The molecule has 96 valence electrons. The van der Waals surface area contributed by atoms with Gasteiger partial charge in [0.25, 0.3) is 0 Å². The number of sulfone groups is 1. The summed E-state index contributed by atoms with van der Waals surface area (Å²) in [5.74, 6) is 0.357. The average Bonchev–Trinajstić information content (AvgIpc) is 2.15. The van der Waals surface area contributed by atoms with Crippen LogP contribution in [-0.2, 0) is 9.84 Å². The summed E-state index contributed by atoms with van der Waals surface area (Å²) in [6.07, 6.45) is 4.96. The molecule has 0 radical (unpaired) electrons. The zero-order chi connectivity index (χ0) is 12.3. The van der Waals surface area contributed by atoms with Crippen molar-refractivity contribution in [1.82, 2.24) is 4.90 Å². The van der Waals surface area contributed by atoms with Gasteiger partial charge in [-0.05, 0) is 39.3 Å². The highest BCUT2D eigenvalue weighted by molar-refractivity contribution is 7.91. The summed E-state index contributed by atoms with van der Waals surface area (Å²) >= 11 is 0. The molecule has 0 heterocycles. The summed E-state index contributed by atoms with van der Waals surface area (Å²) < 4.78 is 23.1. The van der Waals surface area contributed by atoms with Gasteiger partial charge in [-0.25, -0.2) is 8.42 Å². The fraction of sp³-hybridized carbons (Fsp3) is 1.00. The Balaban J connectivity index is 2.57. The summed E-state index contributed by atoms with van der Waals surface area (Å²) in [5, 5.41) is -0.167. The number of rotatable bonds is 4. The average molecular weight is 248 g/mol. The second-order valence-electron chi connectivity index (χ2n) is 5.30. The predicted molar refractivity (Wildman–Crippen MR) is 67.1 cm³/mol. The van der Waals surface area contributed by atoms with Crippen molar-refractivity contribution in [2.45, 2.75) is 37.0 Å². The third-order valence-electron chi connectivity index (χ3n) is 3.45. The molecule has 0 aliphatic heterocycles. The van der Waals surface area contributed by atoms with E-state index in [9.17, 15) is 8.42 Å². The van der Waals surface area contributed by atoms with Crippen LogP contribution in [0.3, 0.4) is 0 Å². The van der Waals surface area contributed by atoms with Crippen LogP contribution in [0.1, 0.15) is 25.7 Å². The van der Waals surface area contributed by atoms with Gasteiger partial charge in [0.1, 0.15) is 9.84 Å². The van der Waals surface area contributed by atoms with Crippen molar-refractivity contribution in [3.05, 3.63) is 0 Å². The van der Waals surface area contributed by atoms with Crippen molar-refractivity contribution in [1.29, 1.82) is 0 Å². The summed E-state index contributed by atoms with van der Waals surface area (Å²) in [6, 6.07) is 0.0968. The Morgan fingerprint density at radius 1 is 1.38 bits per heavy atom. The zero-order valence-corrected chi connectivity index (χ0v) is 11.3. The quantitative estimate of drug-likeness (QED) is 0.786. The third kappa shape index (κ3) is 4.03. The molecule has 0 amide bonds. The monoisotopic (exact) mass is 248 g/mol. The molecule has 0 saturated heterocycles. The van der Waals surface area contributed by atoms with Crippen LogP contribution in [0.5, 0.6) is 0 Å².